The molecule has 0 radical (unpaired) electrons. The fraction of sp³-hybridized carbons (Fsp3) is 0.625. The Kier molecular flexibility index (Phi) is 4.70. The minimum absolute atomic E-state index is 0.444. The molecule has 4 nitrogen and oxygen atoms in total. The average Bonchev–Trinajstić information content (AvgIpc) is 2.99. The van der Waals surface area contributed by atoms with Crippen LogP contribution >= 0.6 is 12.2 Å². The topological polar surface area (TPSA) is 54.2 Å². The Labute approximate surface area is 132 Å². The molecular formula is C16H24N4S. The van der Waals surface area contributed by atoms with Gasteiger partial charge in [-0.15, -0.1) is 0 Å². The third-order valence-electron chi connectivity index (χ3n) is 4.49. The number of hydrogen-bond acceptors (Lipinski definition) is 4. The van der Waals surface area contributed by atoms with Crippen molar-refractivity contribution in [1.29, 1.82) is 0 Å². The van der Waals surface area contributed by atoms with Crippen molar-refractivity contribution in [2.75, 3.05) is 31.5 Å². The first-order valence-corrected chi connectivity index (χ1v) is 8.43. The normalized spacial score (nSPS) is 18.5. The van der Waals surface area contributed by atoms with Gasteiger partial charge in [-0.2, -0.15) is 0 Å². The number of anilines is 1. The van der Waals surface area contributed by atoms with Crippen molar-refractivity contribution in [2.45, 2.75) is 38.5 Å². The van der Waals surface area contributed by atoms with E-state index in [0.717, 1.165) is 37.3 Å². The van der Waals surface area contributed by atoms with Crippen molar-refractivity contribution in [3.8, 4) is 0 Å². The predicted molar refractivity (Wildman–Crippen MR) is 90.9 cm³/mol. The second-order valence-electron chi connectivity index (χ2n) is 6.04. The highest BCUT2D eigenvalue weighted by Gasteiger charge is 2.17. The van der Waals surface area contributed by atoms with Crippen LogP contribution in [0.15, 0.2) is 6.07 Å². The summed E-state index contributed by atoms with van der Waals surface area (Å²) in [6, 6.07) is 2.15. The molecule has 1 aromatic rings. The van der Waals surface area contributed by atoms with Crippen LogP contribution in [0, 0.1) is 0 Å². The van der Waals surface area contributed by atoms with E-state index >= 15 is 0 Å². The van der Waals surface area contributed by atoms with Gasteiger partial charge in [0.2, 0.25) is 0 Å². The molecule has 114 valence electrons. The predicted octanol–water partition coefficient (Wildman–Crippen LogP) is 2.10. The van der Waals surface area contributed by atoms with Crippen molar-refractivity contribution in [1.82, 2.24) is 9.88 Å². The van der Waals surface area contributed by atoms with Crippen LogP contribution in [0.5, 0.6) is 0 Å². The van der Waals surface area contributed by atoms with Crippen LogP contribution in [0.25, 0.3) is 0 Å². The maximum absolute atomic E-state index is 5.88. The maximum Gasteiger partial charge on any atom is 0.136 e. The van der Waals surface area contributed by atoms with Gasteiger partial charge in [0.15, 0.2) is 0 Å². The zero-order chi connectivity index (χ0) is 14.7. The first kappa shape index (κ1) is 14.7. The van der Waals surface area contributed by atoms with Crippen molar-refractivity contribution < 1.29 is 0 Å². The number of aromatic nitrogens is 1. The van der Waals surface area contributed by atoms with E-state index in [9.17, 15) is 0 Å². The summed E-state index contributed by atoms with van der Waals surface area (Å²) in [6.45, 7) is 4.42. The lowest BCUT2D eigenvalue weighted by Crippen LogP contribution is -2.27. The van der Waals surface area contributed by atoms with Gasteiger partial charge in [0.25, 0.3) is 0 Å². The number of thiocarbonyl (C=S) groups is 1. The van der Waals surface area contributed by atoms with E-state index in [1.807, 2.05) is 0 Å². The van der Waals surface area contributed by atoms with Gasteiger partial charge in [0, 0.05) is 18.8 Å². The second-order valence-corrected chi connectivity index (χ2v) is 6.48. The number of hydrogen-bond donors (Lipinski definition) is 2. The van der Waals surface area contributed by atoms with Gasteiger partial charge in [-0.05, 0) is 63.2 Å². The molecule has 3 N–H and O–H groups in total. The number of rotatable bonds is 5. The highest BCUT2D eigenvalue weighted by molar-refractivity contribution is 7.80. The monoisotopic (exact) mass is 304 g/mol. The molecule has 5 heteroatoms. The minimum atomic E-state index is 0.444. The molecule has 1 aromatic heterocycles. The van der Waals surface area contributed by atoms with E-state index in [0.29, 0.717) is 4.99 Å². The fourth-order valence-electron chi connectivity index (χ4n) is 3.29. The Morgan fingerprint density at radius 3 is 2.76 bits per heavy atom. The lowest BCUT2D eigenvalue weighted by molar-refractivity contribution is 0.352. The molecule has 1 fully saturated rings. The van der Waals surface area contributed by atoms with Crippen LogP contribution in [0.4, 0.5) is 5.82 Å². The molecule has 1 saturated heterocycles. The van der Waals surface area contributed by atoms with Crippen molar-refractivity contribution in [3.05, 3.63) is 22.9 Å². The van der Waals surface area contributed by atoms with Gasteiger partial charge in [-0.25, -0.2) is 4.98 Å². The number of nitrogens with zero attached hydrogens (tertiary/aromatic N) is 2. The van der Waals surface area contributed by atoms with Gasteiger partial charge in [-0.3, -0.25) is 0 Å². The molecular weight excluding hydrogens is 280 g/mol. The quantitative estimate of drug-likeness (QED) is 0.816. The van der Waals surface area contributed by atoms with E-state index in [1.54, 1.807) is 0 Å². The summed E-state index contributed by atoms with van der Waals surface area (Å²) in [5.74, 6) is 0.877. The molecule has 1 aliphatic carbocycles. The Morgan fingerprint density at radius 2 is 2.00 bits per heavy atom. The molecule has 0 spiro atoms. The Morgan fingerprint density at radius 1 is 1.24 bits per heavy atom. The van der Waals surface area contributed by atoms with Crippen LogP contribution in [-0.2, 0) is 12.8 Å². The molecule has 0 bridgehead atoms. The Bertz CT molecular complexity index is 523. The Balaban J connectivity index is 1.71. The molecule has 1 aliphatic heterocycles. The van der Waals surface area contributed by atoms with E-state index < -0.39 is 0 Å². The van der Waals surface area contributed by atoms with Crippen LogP contribution in [0.2, 0.25) is 0 Å². The molecule has 2 heterocycles. The van der Waals surface area contributed by atoms with E-state index in [2.05, 4.69) is 16.3 Å². The minimum Gasteiger partial charge on any atom is -0.389 e. The first-order chi connectivity index (χ1) is 10.2. The van der Waals surface area contributed by atoms with Gasteiger partial charge in [0.1, 0.15) is 10.8 Å². The van der Waals surface area contributed by atoms with E-state index in [4.69, 9.17) is 22.9 Å². The summed E-state index contributed by atoms with van der Waals surface area (Å²) in [5.41, 5.74) is 9.35. The molecule has 2 aliphatic rings. The zero-order valence-corrected chi connectivity index (χ0v) is 13.3. The average molecular weight is 304 g/mol. The number of nitrogens with one attached hydrogen (secondary N) is 1. The van der Waals surface area contributed by atoms with Gasteiger partial charge in [-0.1, -0.05) is 12.2 Å². The summed E-state index contributed by atoms with van der Waals surface area (Å²) in [6.07, 6.45) is 7.32. The van der Waals surface area contributed by atoms with Crippen LogP contribution in [0.1, 0.15) is 42.5 Å². The smallest absolute Gasteiger partial charge is 0.136 e. The Hall–Kier alpha value is -1.20. The van der Waals surface area contributed by atoms with E-state index in [1.165, 1.54) is 50.0 Å². The SMILES string of the molecule is NC(=S)c1cc2c(nc1NCCN1CCCC1)CCCC2. The lowest BCUT2D eigenvalue weighted by Gasteiger charge is -2.20. The summed E-state index contributed by atoms with van der Waals surface area (Å²) in [5, 5.41) is 3.45. The van der Waals surface area contributed by atoms with E-state index in [-0.39, 0.29) is 0 Å². The summed E-state index contributed by atoms with van der Waals surface area (Å²) >= 11 is 5.20. The third-order valence-corrected chi connectivity index (χ3v) is 4.71. The molecule has 0 aromatic carbocycles. The zero-order valence-electron chi connectivity index (χ0n) is 12.5. The van der Waals surface area contributed by atoms with Crippen molar-refractivity contribution in [2.24, 2.45) is 5.73 Å². The molecule has 0 saturated carbocycles. The number of nitrogens with two attached hydrogens (primary N) is 1. The summed E-state index contributed by atoms with van der Waals surface area (Å²) < 4.78 is 0. The van der Waals surface area contributed by atoms with Gasteiger partial charge in [0.05, 0.1) is 5.56 Å². The highest BCUT2D eigenvalue weighted by Crippen LogP contribution is 2.24. The molecule has 0 atom stereocenters. The highest BCUT2D eigenvalue weighted by atomic mass is 32.1. The van der Waals surface area contributed by atoms with Crippen molar-refractivity contribution in [3.63, 3.8) is 0 Å². The second kappa shape index (κ2) is 6.71. The summed E-state index contributed by atoms with van der Waals surface area (Å²) in [4.78, 5) is 7.74. The standard InChI is InChI=1S/C16H24N4S/c17-15(21)13-11-12-5-1-2-6-14(12)19-16(13)18-7-10-20-8-3-4-9-20/h11H,1-10H2,(H2,17,21)(H,18,19). The molecule has 21 heavy (non-hydrogen) atoms. The molecule has 0 amide bonds. The number of pyridine rings is 1. The third kappa shape index (κ3) is 3.52. The van der Waals surface area contributed by atoms with Gasteiger partial charge >= 0.3 is 0 Å². The summed E-state index contributed by atoms with van der Waals surface area (Å²) in [7, 11) is 0. The molecule has 3 rings (SSSR count). The largest absolute Gasteiger partial charge is 0.389 e. The van der Waals surface area contributed by atoms with Crippen LogP contribution in [-0.4, -0.2) is 41.1 Å². The number of likely N-dealkylation sites (tertiary alicyclic amines) is 1. The van der Waals surface area contributed by atoms with Gasteiger partial charge < -0.3 is 16.0 Å². The van der Waals surface area contributed by atoms with Crippen LogP contribution in [0.3, 0.4) is 0 Å². The number of aryl methyl sites for hydroxylation is 2. The fourth-order valence-corrected chi connectivity index (χ4v) is 3.45. The van der Waals surface area contributed by atoms with Crippen molar-refractivity contribution >= 4 is 23.0 Å². The maximum atomic E-state index is 5.88. The molecule has 0 unspecified atom stereocenters. The first-order valence-electron chi connectivity index (χ1n) is 8.03. The van der Waals surface area contributed by atoms with Crippen LogP contribution < -0.4 is 11.1 Å². The lowest BCUT2D eigenvalue weighted by atomic mass is 9.94. The number of fused-ring (bicyclic) bond motifs is 1.